The Hall–Kier alpha value is -0.380. The fourth-order valence-corrected chi connectivity index (χ4v) is 3.73. The Labute approximate surface area is 122 Å². The first-order valence-corrected chi connectivity index (χ1v) is 8.38. The quantitative estimate of drug-likeness (QED) is 0.856. The van der Waals surface area contributed by atoms with Crippen LogP contribution in [0.1, 0.15) is 39.0 Å². The molecule has 3 heteroatoms. The summed E-state index contributed by atoms with van der Waals surface area (Å²) in [6, 6.07) is 5.03. The molecular formula is C16H28N2S. The highest BCUT2D eigenvalue weighted by Crippen LogP contribution is 2.36. The molecule has 1 aromatic rings. The summed E-state index contributed by atoms with van der Waals surface area (Å²) < 4.78 is 0. The van der Waals surface area contributed by atoms with E-state index in [0.29, 0.717) is 11.5 Å². The van der Waals surface area contributed by atoms with Gasteiger partial charge in [-0.15, -0.1) is 11.3 Å². The molecule has 2 rings (SSSR count). The van der Waals surface area contributed by atoms with Crippen molar-refractivity contribution < 1.29 is 0 Å². The van der Waals surface area contributed by atoms with Crippen LogP contribution in [-0.4, -0.2) is 30.6 Å². The number of nitrogens with one attached hydrogen (secondary N) is 1. The first-order valence-electron chi connectivity index (χ1n) is 7.51. The van der Waals surface area contributed by atoms with Crippen molar-refractivity contribution in [3.63, 3.8) is 0 Å². The molecule has 1 saturated heterocycles. The first kappa shape index (κ1) is 15.0. The Morgan fingerprint density at radius 2 is 2.16 bits per heavy atom. The van der Waals surface area contributed by atoms with Gasteiger partial charge in [-0.3, -0.25) is 4.90 Å². The molecule has 0 aromatic carbocycles. The number of hydrogen-bond acceptors (Lipinski definition) is 3. The van der Waals surface area contributed by atoms with E-state index < -0.39 is 0 Å². The molecule has 0 spiro atoms. The van der Waals surface area contributed by atoms with Crippen molar-refractivity contribution in [2.45, 2.75) is 46.7 Å². The summed E-state index contributed by atoms with van der Waals surface area (Å²) in [4.78, 5) is 4.14. The third-order valence-corrected chi connectivity index (χ3v) is 5.55. The SMILES string of the molecule is CC(C)N(Cc1cccs1)CC1(C(C)C)CCNC1. The van der Waals surface area contributed by atoms with Crippen molar-refractivity contribution in [2.24, 2.45) is 11.3 Å². The van der Waals surface area contributed by atoms with Gasteiger partial charge in [0.15, 0.2) is 0 Å². The molecule has 0 saturated carbocycles. The molecule has 1 N–H and O–H groups in total. The van der Waals surface area contributed by atoms with Gasteiger partial charge in [0.25, 0.3) is 0 Å². The lowest BCUT2D eigenvalue weighted by Crippen LogP contribution is -2.44. The van der Waals surface area contributed by atoms with Crippen LogP contribution in [0.4, 0.5) is 0 Å². The van der Waals surface area contributed by atoms with Crippen LogP contribution >= 0.6 is 11.3 Å². The molecule has 2 heterocycles. The van der Waals surface area contributed by atoms with Crippen molar-refractivity contribution >= 4 is 11.3 Å². The molecule has 0 bridgehead atoms. The van der Waals surface area contributed by atoms with E-state index >= 15 is 0 Å². The smallest absolute Gasteiger partial charge is 0.0330 e. The molecule has 0 amide bonds. The second-order valence-electron chi connectivity index (χ2n) is 6.52. The van der Waals surface area contributed by atoms with Crippen molar-refractivity contribution in [3.05, 3.63) is 22.4 Å². The molecule has 1 aliphatic rings. The minimum absolute atomic E-state index is 0.460. The lowest BCUT2D eigenvalue weighted by Gasteiger charge is -2.39. The van der Waals surface area contributed by atoms with E-state index in [0.717, 1.165) is 12.5 Å². The fourth-order valence-electron chi connectivity index (χ4n) is 3.00. The van der Waals surface area contributed by atoms with Crippen LogP contribution in [0.3, 0.4) is 0 Å². The van der Waals surface area contributed by atoms with Crippen LogP contribution in [0.25, 0.3) is 0 Å². The largest absolute Gasteiger partial charge is 0.316 e. The molecule has 2 nitrogen and oxygen atoms in total. The fraction of sp³-hybridized carbons (Fsp3) is 0.750. The molecule has 1 unspecified atom stereocenters. The lowest BCUT2D eigenvalue weighted by molar-refractivity contribution is 0.0906. The number of nitrogens with zero attached hydrogens (tertiary/aromatic N) is 1. The molecule has 0 radical (unpaired) electrons. The van der Waals surface area contributed by atoms with Crippen LogP contribution in [0.15, 0.2) is 17.5 Å². The van der Waals surface area contributed by atoms with Gasteiger partial charge in [0.05, 0.1) is 0 Å². The summed E-state index contributed by atoms with van der Waals surface area (Å²) >= 11 is 1.88. The monoisotopic (exact) mass is 280 g/mol. The predicted octanol–water partition coefficient (Wildman–Crippen LogP) is 3.59. The van der Waals surface area contributed by atoms with Crippen LogP contribution in [0.2, 0.25) is 0 Å². The molecule has 1 aliphatic heterocycles. The maximum Gasteiger partial charge on any atom is 0.0330 e. The maximum absolute atomic E-state index is 3.57. The van der Waals surface area contributed by atoms with Gasteiger partial charge in [0.2, 0.25) is 0 Å². The van der Waals surface area contributed by atoms with Crippen LogP contribution in [0, 0.1) is 11.3 Å². The van der Waals surface area contributed by atoms with Gasteiger partial charge in [0.1, 0.15) is 0 Å². The topological polar surface area (TPSA) is 15.3 Å². The average molecular weight is 280 g/mol. The number of thiophene rings is 1. The maximum atomic E-state index is 3.57. The highest BCUT2D eigenvalue weighted by Gasteiger charge is 2.38. The molecule has 0 aliphatic carbocycles. The Morgan fingerprint density at radius 1 is 1.37 bits per heavy atom. The van der Waals surface area contributed by atoms with Gasteiger partial charge in [-0.1, -0.05) is 19.9 Å². The zero-order chi connectivity index (χ0) is 13.9. The van der Waals surface area contributed by atoms with E-state index in [-0.39, 0.29) is 0 Å². The van der Waals surface area contributed by atoms with Crippen molar-refractivity contribution in [1.82, 2.24) is 10.2 Å². The summed E-state index contributed by atoms with van der Waals surface area (Å²) in [7, 11) is 0. The van der Waals surface area contributed by atoms with Gasteiger partial charge in [-0.2, -0.15) is 0 Å². The summed E-state index contributed by atoms with van der Waals surface area (Å²) in [6.45, 7) is 14.1. The van der Waals surface area contributed by atoms with E-state index in [4.69, 9.17) is 0 Å². The van der Waals surface area contributed by atoms with Crippen LogP contribution in [-0.2, 0) is 6.54 Å². The van der Waals surface area contributed by atoms with E-state index in [1.165, 1.54) is 30.9 Å². The molecular weight excluding hydrogens is 252 g/mol. The Bertz CT molecular complexity index is 364. The van der Waals surface area contributed by atoms with Crippen molar-refractivity contribution in [2.75, 3.05) is 19.6 Å². The van der Waals surface area contributed by atoms with Gasteiger partial charge in [0, 0.05) is 30.6 Å². The summed E-state index contributed by atoms with van der Waals surface area (Å²) in [5.41, 5.74) is 0.460. The van der Waals surface area contributed by atoms with E-state index in [9.17, 15) is 0 Å². The third-order valence-electron chi connectivity index (χ3n) is 4.69. The zero-order valence-corrected chi connectivity index (χ0v) is 13.6. The predicted molar refractivity (Wildman–Crippen MR) is 84.6 cm³/mol. The highest BCUT2D eigenvalue weighted by molar-refractivity contribution is 7.09. The Balaban J connectivity index is 2.07. The minimum Gasteiger partial charge on any atom is -0.316 e. The zero-order valence-electron chi connectivity index (χ0n) is 12.8. The molecule has 19 heavy (non-hydrogen) atoms. The Morgan fingerprint density at radius 3 is 2.63 bits per heavy atom. The third kappa shape index (κ3) is 3.59. The van der Waals surface area contributed by atoms with Gasteiger partial charge in [-0.05, 0) is 49.6 Å². The van der Waals surface area contributed by atoms with Crippen molar-refractivity contribution in [3.8, 4) is 0 Å². The second-order valence-corrected chi connectivity index (χ2v) is 7.55. The number of hydrogen-bond donors (Lipinski definition) is 1. The molecule has 1 fully saturated rings. The van der Waals surface area contributed by atoms with E-state index in [1.807, 2.05) is 11.3 Å². The summed E-state index contributed by atoms with van der Waals surface area (Å²) in [5, 5.41) is 5.76. The van der Waals surface area contributed by atoms with Crippen molar-refractivity contribution in [1.29, 1.82) is 0 Å². The molecule has 108 valence electrons. The van der Waals surface area contributed by atoms with Gasteiger partial charge >= 0.3 is 0 Å². The van der Waals surface area contributed by atoms with Gasteiger partial charge < -0.3 is 5.32 Å². The Kier molecular flexibility index (Phi) is 5.04. The summed E-state index contributed by atoms with van der Waals surface area (Å²) in [5.74, 6) is 0.743. The van der Waals surface area contributed by atoms with E-state index in [1.54, 1.807) is 0 Å². The van der Waals surface area contributed by atoms with E-state index in [2.05, 4.69) is 55.4 Å². The lowest BCUT2D eigenvalue weighted by atomic mass is 9.76. The summed E-state index contributed by atoms with van der Waals surface area (Å²) in [6.07, 6.45) is 1.32. The number of rotatable bonds is 6. The molecule has 1 aromatic heterocycles. The van der Waals surface area contributed by atoms with Crippen LogP contribution in [0.5, 0.6) is 0 Å². The average Bonchev–Trinajstić information content (AvgIpc) is 2.99. The highest BCUT2D eigenvalue weighted by atomic mass is 32.1. The molecule has 1 atom stereocenters. The second kappa shape index (κ2) is 6.38. The normalized spacial score (nSPS) is 23.9. The minimum atomic E-state index is 0.460. The van der Waals surface area contributed by atoms with Crippen LogP contribution < -0.4 is 5.32 Å². The van der Waals surface area contributed by atoms with Gasteiger partial charge in [-0.25, -0.2) is 0 Å². The first-order chi connectivity index (χ1) is 9.03. The standard InChI is InChI=1S/C16H28N2S/c1-13(2)16(7-8-17-11-16)12-18(14(3)4)10-15-6-5-9-19-15/h5-6,9,13-14,17H,7-8,10-12H2,1-4H3.